The Morgan fingerprint density at radius 1 is 0.614 bits per heavy atom. The highest BCUT2D eigenvalue weighted by molar-refractivity contribution is 7.43. The van der Waals surface area contributed by atoms with Crippen LogP contribution < -0.4 is 22.6 Å². The summed E-state index contributed by atoms with van der Waals surface area (Å²) in [7, 11) is -4.82. The lowest BCUT2D eigenvalue weighted by Gasteiger charge is -2.27. The van der Waals surface area contributed by atoms with E-state index in [-0.39, 0.29) is 48.8 Å². The molecule has 3 atom stereocenters. The third-order valence-corrected chi connectivity index (χ3v) is 11.0. The zero-order valence-corrected chi connectivity index (χ0v) is 32.5. The van der Waals surface area contributed by atoms with E-state index in [0.717, 1.165) is 11.1 Å². The number of benzene rings is 5. The van der Waals surface area contributed by atoms with Crippen LogP contribution in [0, 0.1) is 0 Å². The highest BCUT2D eigenvalue weighted by Crippen LogP contribution is 2.49. The summed E-state index contributed by atoms with van der Waals surface area (Å²) in [4.78, 5) is 25.7. The van der Waals surface area contributed by atoms with Gasteiger partial charge in [-0.05, 0) is 47.9 Å². The van der Waals surface area contributed by atoms with Crippen LogP contribution in [0.4, 0.5) is 0 Å². The van der Waals surface area contributed by atoms with Gasteiger partial charge in [0, 0.05) is 11.1 Å². The van der Waals surface area contributed by atoms with Gasteiger partial charge in [0.05, 0.1) is 69.5 Å². The molecule has 2 heterocycles. The standard InChI is InChI=1S/C42H40O13P2/c43-19-20-46-26-30-9-1-4-14-33(30)53-57(54-34-15-5-2-12-31(34)38-27-47-21-22-48-38)55-37-18-8-11-29-25-28-10-7-17-36(39(28)41(44)40(29)37)52-56(45)51-35-16-6-3-13-32(35)42-49-23-24-50-42/h1-18,38,42-43,45H,19-27H2. The maximum Gasteiger partial charge on any atom is 0.530 e. The zero-order valence-electron chi connectivity index (χ0n) is 30.7. The maximum absolute atomic E-state index is 14.6. The van der Waals surface area contributed by atoms with Crippen LogP contribution >= 0.6 is 17.2 Å². The lowest BCUT2D eigenvalue weighted by Crippen LogP contribution is -2.22. The third kappa shape index (κ3) is 9.24. The summed E-state index contributed by atoms with van der Waals surface area (Å²) in [6.45, 7) is 2.39. The van der Waals surface area contributed by atoms with E-state index in [0.29, 0.717) is 79.0 Å². The van der Waals surface area contributed by atoms with E-state index in [4.69, 9.17) is 46.3 Å². The van der Waals surface area contributed by atoms with Crippen LogP contribution in [0.1, 0.15) is 56.1 Å². The second-order valence-corrected chi connectivity index (χ2v) is 14.8. The van der Waals surface area contributed by atoms with Crippen LogP contribution in [0.25, 0.3) is 0 Å². The fourth-order valence-electron chi connectivity index (χ4n) is 6.68. The summed E-state index contributed by atoms with van der Waals surface area (Å²) in [5.74, 6) is 1.28. The number of hydrogen-bond donors (Lipinski definition) is 2. The van der Waals surface area contributed by atoms with Gasteiger partial charge in [-0.15, -0.1) is 0 Å². The van der Waals surface area contributed by atoms with Crippen molar-refractivity contribution in [2.45, 2.75) is 25.4 Å². The van der Waals surface area contributed by atoms with Gasteiger partial charge in [-0.2, -0.15) is 0 Å². The zero-order chi connectivity index (χ0) is 39.0. The molecule has 5 aromatic carbocycles. The minimum atomic E-state index is -2.54. The van der Waals surface area contributed by atoms with Crippen molar-refractivity contribution in [3.05, 3.63) is 148 Å². The molecule has 15 heteroatoms. The lowest BCUT2D eigenvalue weighted by molar-refractivity contribution is -0.0905. The average molecular weight is 815 g/mol. The predicted octanol–water partition coefficient (Wildman–Crippen LogP) is 7.90. The largest absolute Gasteiger partial charge is 0.530 e. The number of aliphatic hydroxyl groups excluding tert-OH is 1. The minimum Gasteiger partial charge on any atom is -0.417 e. The molecule has 2 N–H and O–H groups in total. The molecule has 8 rings (SSSR count). The first-order valence-electron chi connectivity index (χ1n) is 18.4. The highest BCUT2D eigenvalue weighted by atomic mass is 31.2. The number of carbonyl (C=O) groups excluding carboxylic acids is 1. The summed E-state index contributed by atoms with van der Waals surface area (Å²) < 4.78 is 60.2. The van der Waals surface area contributed by atoms with Crippen LogP contribution in [0.15, 0.2) is 109 Å². The second-order valence-electron chi connectivity index (χ2n) is 13.0. The van der Waals surface area contributed by atoms with Crippen molar-refractivity contribution in [3.63, 3.8) is 0 Å². The number of rotatable bonds is 16. The van der Waals surface area contributed by atoms with E-state index in [9.17, 15) is 14.8 Å². The number of hydrogen-bond acceptors (Lipinski definition) is 13. The minimum absolute atomic E-state index is 0.124. The number of ether oxygens (including phenoxy) is 5. The molecule has 0 aromatic heterocycles. The second kappa shape index (κ2) is 18.7. The Hall–Kier alpha value is -4.65. The first-order chi connectivity index (χ1) is 28.1. The number of aliphatic hydroxyl groups is 1. The Kier molecular flexibility index (Phi) is 12.9. The van der Waals surface area contributed by atoms with Crippen LogP contribution in [-0.4, -0.2) is 62.0 Å². The van der Waals surface area contributed by atoms with Crippen molar-refractivity contribution in [1.29, 1.82) is 0 Å². The fourth-order valence-corrected chi connectivity index (χ4v) is 8.46. The smallest absolute Gasteiger partial charge is 0.417 e. The van der Waals surface area contributed by atoms with E-state index in [1.165, 1.54) is 0 Å². The summed E-state index contributed by atoms with van der Waals surface area (Å²) in [6.07, 6.45) is -0.605. The predicted molar refractivity (Wildman–Crippen MR) is 209 cm³/mol. The molecule has 5 aromatic rings. The average Bonchev–Trinajstić information content (AvgIpc) is 3.78. The van der Waals surface area contributed by atoms with Crippen LogP contribution in [-0.2, 0) is 36.7 Å². The Labute approximate surface area is 331 Å². The number of ketones is 1. The van der Waals surface area contributed by atoms with Gasteiger partial charge in [0.25, 0.3) is 0 Å². The van der Waals surface area contributed by atoms with Gasteiger partial charge in [-0.3, -0.25) is 4.79 Å². The number of para-hydroxylation sites is 3. The number of carbonyl (C=O) groups is 1. The van der Waals surface area contributed by atoms with Crippen LogP contribution in [0.3, 0.4) is 0 Å². The van der Waals surface area contributed by atoms with E-state index in [1.807, 2.05) is 60.7 Å². The van der Waals surface area contributed by atoms with E-state index >= 15 is 0 Å². The van der Waals surface area contributed by atoms with Gasteiger partial charge in [0.1, 0.15) is 34.9 Å². The van der Waals surface area contributed by atoms with Crippen molar-refractivity contribution < 1.29 is 61.1 Å². The molecule has 0 amide bonds. The molecule has 2 aliphatic heterocycles. The normalized spacial score (nSPS) is 17.6. The quantitative estimate of drug-likeness (QED) is 0.0721. The van der Waals surface area contributed by atoms with Gasteiger partial charge < -0.3 is 56.3 Å². The summed E-state index contributed by atoms with van der Waals surface area (Å²) in [6, 6.07) is 32.4. The molecular weight excluding hydrogens is 774 g/mol. The molecule has 3 aliphatic rings. The molecule has 0 saturated carbocycles. The van der Waals surface area contributed by atoms with E-state index < -0.39 is 23.5 Å². The molecule has 2 fully saturated rings. The first kappa shape index (κ1) is 39.2. The fraction of sp³-hybridized carbons (Fsp3) is 0.262. The number of fused-ring (bicyclic) bond motifs is 2. The van der Waals surface area contributed by atoms with Crippen LogP contribution in [0.5, 0.6) is 28.7 Å². The molecule has 1 aliphatic carbocycles. The molecule has 296 valence electrons. The van der Waals surface area contributed by atoms with E-state index in [2.05, 4.69) is 0 Å². The van der Waals surface area contributed by atoms with Gasteiger partial charge in [-0.25, -0.2) is 0 Å². The maximum atomic E-state index is 14.6. The van der Waals surface area contributed by atoms with Gasteiger partial charge in [0.2, 0.25) is 5.78 Å². The van der Waals surface area contributed by atoms with Gasteiger partial charge in [-0.1, -0.05) is 78.9 Å². The van der Waals surface area contributed by atoms with Crippen molar-refractivity contribution in [2.24, 2.45) is 0 Å². The Bertz CT molecular complexity index is 2150. The topological polar surface area (TPSA) is 150 Å². The van der Waals surface area contributed by atoms with E-state index in [1.54, 1.807) is 48.5 Å². The molecule has 0 spiro atoms. The third-order valence-electron chi connectivity index (χ3n) is 9.27. The first-order valence-corrected chi connectivity index (χ1v) is 20.6. The highest BCUT2D eigenvalue weighted by Gasteiger charge is 2.34. The molecule has 0 bridgehead atoms. The van der Waals surface area contributed by atoms with Gasteiger partial charge >= 0.3 is 17.2 Å². The molecule has 13 nitrogen and oxygen atoms in total. The Balaban J connectivity index is 1.08. The monoisotopic (exact) mass is 814 g/mol. The molecular formula is C42H40O13P2. The van der Waals surface area contributed by atoms with Crippen molar-refractivity contribution in [2.75, 3.05) is 46.2 Å². The van der Waals surface area contributed by atoms with Crippen LogP contribution in [0.2, 0.25) is 0 Å². The lowest BCUT2D eigenvalue weighted by atomic mass is 9.84. The summed E-state index contributed by atoms with van der Waals surface area (Å²) in [5, 5.41) is 9.29. The van der Waals surface area contributed by atoms with Gasteiger partial charge in [0.15, 0.2) is 6.29 Å². The molecule has 3 unspecified atom stereocenters. The Morgan fingerprint density at radius 3 is 1.88 bits per heavy atom. The summed E-state index contributed by atoms with van der Waals surface area (Å²) >= 11 is 0. The molecule has 0 radical (unpaired) electrons. The van der Waals surface area contributed by atoms with Crippen molar-refractivity contribution in [3.8, 4) is 28.7 Å². The van der Waals surface area contributed by atoms with Crippen molar-refractivity contribution in [1.82, 2.24) is 0 Å². The SMILES string of the molecule is O=C1c2c(cccc2OP(O)Oc2ccccc2C2OCCO2)Cc2cccc(OP(Oc3ccccc3COCCO)Oc3ccccc3C3COCCO3)c21. The van der Waals surface area contributed by atoms with Crippen molar-refractivity contribution >= 4 is 23.0 Å². The molecule has 57 heavy (non-hydrogen) atoms. The molecule has 2 saturated heterocycles. The Morgan fingerprint density at radius 2 is 1.18 bits per heavy atom. The summed E-state index contributed by atoms with van der Waals surface area (Å²) in [5.41, 5.74) is 4.11.